The van der Waals surface area contributed by atoms with E-state index in [9.17, 15) is 18.9 Å². The van der Waals surface area contributed by atoms with Crippen LogP contribution in [0.15, 0.2) is 0 Å². The Balaban J connectivity index is 4.76. The molecule has 0 aliphatic carbocycles. The molecule has 3 N–H and O–H groups in total. The summed E-state index contributed by atoms with van der Waals surface area (Å²) in [4.78, 5) is 38.3. The molecule has 380 valence electrons. The molecule has 0 aromatic heterocycles. The Morgan fingerprint density at radius 3 is 1.34 bits per heavy atom. The van der Waals surface area contributed by atoms with Crippen LogP contribution < -0.4 is 11.2 Å². The summed E-state index contributed by atoms with van der Waals surface area (Å²) < 4.78 is 50.8. The lowest BCUT2D eigenvalue weighted by atomic mass is 10.0. The third-order valence-electron chi connectivity index (χ3n) is 11.8. The molecule has 0 aliphatic rings. The van der Waals surface area contributed by atoms with Crippen LogP contribution in [0.4, 0.5) is 0 Å². The van der Waals surface area contributed by atoms with E-state index >= 15 is 0 Å². The van der Waals surface area contributed by atoms with Crippen LogP contribution in [0.1, 0.15) is 247 Å². The van der Waals surface area contributed by atoms with Gasteiger partial charge in [-0.2, -0.15) is 0 Å². The highest BCUT2D eigenvalue weighted by Crippen LogP contribution is 2.47. The van der Waals surface area contributed by atoms with Crippen molar-refractivity contribution in [2.45, 2.75) is 264 Å². The van der Waals surface area contributed by atoms with Gasteiger partial charge in [0, 0.05) is 26.5 Å². The van der Waals surface area contributed by atoms with Gasteiger partial charge in [0.05, 0.1) is 25.4 Å². The van der Waals surface area contributed by atoms with Gasteiger partial charge >= 0.3 is 19.8 Å². The van der Waals surface area contributed by atoms with E-state index in [1.54, 1.807) is 21.0 Å². The van der Waals surface area contributed by atoms with E-state index in [4.69, 9.17) is 33.9 Å². The molecular weight excluding hydrogens is 836 g/mol. The lowest BCUT2D eigenvalue weighted by molar-refractivity contribution is -0.161. The van der Waals surface area contributed by atoms with Crippen LogP contribution in [0.3, 0.4) is 0 Å². The highest BCUT2D eigenvalue weighted by molar-refractivity contribution is 7.48. The summed E-state index contributed by atoms with van der Waals surface area (Å²) >= 11 is 0. The fraction of sp³-hybridized carbons (Fsp3) is 0.940. The molecule has 0 bridgehead atoms. The zero-order valence-corrected chi connectivity index (χ0v) is 43.2. The fourth-order valence-corrected chi connectivity index (χ4v) is 8.05. The number of hydrogen-bond acceptors (Lipinski definition) is 12. The number of phosphoric acid groups is 1. The maximum absolute atomic E-state index is 13.2. The third kappa shape index (κ3) is 38.5. The van der Waals surface area contributed by atoms with Gasteiger partial charge in [-0.3, -0.25) is 23.4 Å². The molecule has 0 radical (unpaired) electrons. The first-order valence-corrected chi connectivity index (χ1v) is 27.3. The number of carbonyl (C=O) groups excluding carboxylic acids is 3. The number of esters is 2. The van der Waals surface area contributed by atoms with Crippen LogP contribution in [0, 0.1) is 0 Å². The summed E-state index contributed by atoms with van der Waals surface area (Å²) in [5.74, 6) is 4.03. The van der Waals surface area contributed by atoms with E-state index in [2.05, 4.69) is 23.8 Å². The van der Waals surface area contributed by atoms with Crippen molar-refractivity contribution in [3.05, 3.63) is 0 Å². The van der Waals surface area contributed by atoms with Crippen LogP contribution in [0.2, 0.25) is 0 Å². The normalized spacial score (nSPS) is 13.4. The molecule has 1 amide bonds. The fourth-order valence-electron chi connectivity index (χ4n) is 7.19. The molecule has 0 fully saturated rings. The molecule has 0 aromatic carbocycles. The van der Waals surface area contributed by atoms with Gasteiger partial charge in [0.2, 0.25) is 0 Å². The van der Waals surface area contributed by atoms with Crippen molar-refractivity contribution in [2.24, 2.45) is 5.90 Å². The largest absolute Gasteiger partial charge is 0.491 e. The zero-order valence-electron chi connectivity index (χ0n) is 42.3. The molecule has 13 nitrogen and oxygen atoms in total. The smallest absolute Gasteiger partial charge is 0.462 e. The Morgan fingerprint density at radius 1 is 0.562 bits per heavy atom. The lowest BCUT2D eigenvalue weighted by Gasteiger charge is -2.30. The van der Waals surface area contributed by atoms with Crippen LogP contribution in [0.25, 0.3) is 0 Å². The van der Waals surface area contributed by atoms with E-state index in [0.29, 0.717) is 12.8 Å². The van der Waals surface area contributed by atoms with Crippen molar-refractivity contribution in [3.63, 3.8) is 0 Å². The summed E-state index contributed by atoms with van der Waals surface area (Å²) in [6.07, 6.45) is 36.2. The third-order valence-corrected chi connectivity index (χ3v) is 13.0. The second kappa shape index (κ2) is 41.6. The number of carbonyl (C=O) groups is 3. The molecule has 0 aliphatic heterocycles. The summed E-state index contributed by atoms with van der Waals surface area (Å²) in [5.41, 5.74) is -1.75. The molecular formula is C50H99N2O11P. The molecule has 0 aromatic rings. The van der Waals surface area contributed by atoms with Gasteiger partial charge in [-0.1, -0.05) is 194 Å². The minimum atomic E-state index is -4.34. The Hall–Kier alpha value is -1.60. The average molecular weight is 935 g/mol. The van der Waals surface area contributed by atoms with Crippen LogP contribution in [-0.2, 0) is 51.6 Å². The van der Waals surface area contributed by atoms with Crippen LogP contribution >= 0.6 is 7.82 Å². The van der Waals surface area contributed by atoms with E-state index in [1.807, 2.05) is 13.8 Å². The van der Waals surface area contributed by atoms with E-state index in [-0.39, 0.29) is 39.2 Å². The second-order valence-electron chi connectivity index (χ2n) is 18.9. The van der Waals surface area contributed by atoms with Crippen molar-refractivity contribution in [1.82, 2.24) is 5.32 Å². The van der Waals surface area contributed by atoms with Gasteiger partial charge in [0.25, 0.3) is 5.91 Å². The minimum absolute atomic E-state index is 0.0510. The van der Waals surface area contributed by atoms with Gasteiger partial charge in [-0.25, -0.2) is 15.1 Å². The maximum atomic E-state index is 13.2. The number of hydrogen-bond donors (Lipinski definition) is 2. The average Bonchev–Trinajstić information content (AvgIpc) is 3.28. The molecule has 2 atom stereocenters. The van der Waals surface area contributed by atoms with Crippen molar-refractivity contribution in [1.29, 1.82) is 0 Å². The monoisotopic (exact) mass is 935 g/mol. The lowest BCUT2D eigenvalue weighted by Crippen LogP contribution is -2.47. The SMILES string of the molecule is CCCCCCCCCCCCCCCCCC(=O)OCC(COP(=O)(ON)OCCNC(=O)C(C)(C)OCC(C)(C)OC)OC(=O)CCCCCCCCCCCCCCCCC. The quantitative estimate of drug-likeness (QED) is 0.0256. The van der Waals surface area contributed by atoms with E-state index < -0.39 is 49.6 Å². The van der Waals surface area contributed by atoms with Crippen LogP contribution in [0.5, 0.6) is 0 Å². The maximum Gasteiger partial charge on any atom is 0.491 e. The highest BCUT2D eigenvalue weighted by atomic mass is 31.2. The Kier molecular flexibility index (Phi) is 40.5. The Bertz CT molecular complexity index is 1170. The number of phosphoric ester groups is 1. The van der Waals surface area contributed by atoms with Gasteiger partial charge in [-0.05, 0) is 40.5 Å². The molecule has 14 heteroatoms. The number of methoxy groups -OCH3 is 1. The first-order chi connectivity index (χ1) is 30.7. The minimum Gasteiger partial charge on any atom is -0.462 e. The molecule has 2 unspecified atom stereocenters. The zero-order chi connectivity index (χ0) is 47.6. The van der Waals surface area contributed by atoms with E-state index in [1.165, 1.54) is 141 Å². The van der Waals surface area contributed by atoms with Crippen molar-refractivity contribution in [2.75, 3.05) is 40.1 Å². The van der Waals surface area contributed by atoms with Crippen LogP contribution in [-0.4, -0.2) is 75.2 Å². The molecule has 0 rings (SSSR count). The predicted molar refractivity (Wildman–Crippen MR) is 259 cm³/mol. The number of amides is 1. The number of rotatable bonds is 48. The van der Waals surface area contributed by atoms with Gasteiger partial charge in [-0.15, -0.1) is 0 Å². The topological polar surface area (TPSA) is 171 Å². The molecule has 0 heterocycles. The second-order valence-corrected chi connectivity index (χ2v) is 20.5. The highest BCUT2D eigenvalue weighted by Gasteiger charge is 2.33. The van der Waals surface area contributed by atoms with Crippen molar-refractivity contribution >= 4 is 25.7 Å². The van der Waals surface area contributed by atoms with Gasteiger partial charge in [0.15, 0.2) is 6.10 Å². The molecule has 0 saturated carbocycles. The number of ether oxygens (including phenoxy) is 4. The number of nitrogens with two attached hydrogens (primary N) is 1. The van der Waals surface area contributed by atoms with E-state index in [0.717, 1.165) is 38.5 Å². The summed E-state index contributed by atoms with van der Waals surface area (Å²) in [5, 5.41) is 2.67. The van der Waals surface area contributed by atoms with Gasteiger partial charge in [0.1, 0.15) is 12.2 Å². The first kappa shape index (κ1) is 62.4. The predicted octanol–water partition coefficient (Wildman–Crippen LogP) is 13.3. The number of nitrogens with one attached hydrogen (secondary N) is 1. The standard InChI is InChI=1S/C50H99N2O11P/c1-8-10-12-14-16-18-20-22-24-26-28-30-32-34-36-38-46(53)58-42-45(62-47(54)39-37-35-33-31-29-27-25-23-21-19-17-15-13-11-9-2)43-61-64(56,63-51)60-41-40-52-48(55)50(5,6)59-44-49(3,4)57-7/h45H,8-44,51H2,1-7H3,(H,52,55). The van der Waals surface area contributed by atoms with Crippen molar-refractivity contribution < 1.29 is 51.6 Å². The Labute approximate surface area is 391 Å². The first-order valence-electron chi connectivity index (χ1n) is 25.8. The molecule has 64 heavy (non-hydrogen) atoms. The summed E-state index contributed by atoms with van der Waals surface area (Å²) in [7, 11) is -2.77. The van der Waals surface area contributed by atoms with Gasteiger partial charge < -0.3 is 24.3 Å². The van der Waals surface area contributed by atoms with Crippen molar-refractivity contribution in [3.8, 4) is 0 Å². The summed E-state index contributed by atoms with van der Waals surface area (Å²) in [6, 6.07) is 0. The Morgan fingerprint density at radius 2 is 0.953 bits per heavy atom. The molecule has 0 spiro atoms. The number of unbranched alkanes of at least 4 members (excludes halogenated alkanes) is 28. The molecule has 0 saturated heterocycles. The summed E-state index contributed by atoms with van der Waals surface area (Å²) in [6.45, 7) is 10.6.